The number of rotatable bonds is 6. The van der Waals surface area contributed by atoms with E-state index < -0.39 is 12.0 Å². The molecule has 1 heterocycles. The maximum atomic E-state index is 13.3. The average Bonchev–Trinajstić information content (AvgIpc) is 3.00. The number of hydrogen-bond donors (Lipinski definition) is 0. The highest BCUT2D eigenvalue weighted by Gasteiger charge is 2.47. The van der Waals surface area contributed by atoms with Crippen molar-refractivity contribution in [3.05, 3.63) is 96.6 Å². The Bertz CT molecular complexity index is 887. The summed E-state index contributed by atoms with van der Waals surface area (Å²) in [7, 11) is 0. The zero-order chi connectivity index (χ0) is 19.3. The fraction of sp³-hybridized carbons (Fsp3) is 0.167. The molecule has 0 N–H and O–H groups in total. The molecule has 0 radical (unpaired) electrons. The van der Waals surface area contributed by atoms with Crippen LogP contribution >= 0.6 is 11.8 Å². The number of hydrogen-bond acceptors (Lipinski definition) is 3. The van der Waals surface area contributed by atoms with E-state index in [4.69, 9.17) is 0 Å². The Morgan fingerprint density at radius 3 is 1.96 bits per heavy atom. The minimum Gasteiger partial charge on any atom is -0.297 e. The van der Waals surface area contributed by atoms with Gasteiger partial charge in [-0.25, -0.2) is 0 Å². The molecular weight excluding hydrogens is 366 g/mol. The first kappa shape index (κ1) is 18.5. The van der Waals surface area contributed by atoms with Crippen molar-refractivity contribution in [2.24, 2.45) is 5.92 Å². The van der Waals surface area contributed by atoms with E-state index in [0.717, 1.165) is 21.9 Å². The van der Waals surface area contributed by atoms with Crippen LogP contribution in [0.4, 0.5) is 5.69 Å². The van der Waals surface area contributed by atoms with Crippen LogP contribution < -0.4 is 4.90 Å². The number of ketones is 1. The summed E-state index contributed by atoms with van der Waals surface area (Å²) in [6.45, 7) is 0. The van der Waals surface area contributed by atoms with Crippen molar-refractivity contribution in [3.8, 4) is 0 Å². The summed E-state index contributed by atoms with van der Waals surface area (Å²) in [6.07, 6.45) is 0.546. The summed E-state index contributed by atoms with van der Waals surface area (Å²) in [5, 5.41) is 0. The molecule has 0 aliphatic carbocycles. The number of benzene rings is 3. The highest BCUT2D eigenvalue weighted by atomic mass is 32.2. The molecule has 0 unspecified atom stereocenters. The molecule has 3 aromatic carbocycles. The Morgan fingerprint density at radius 1 is 0.750 bits per heavy atom. The first-order valence-electron chi connectivity index (χ1n) is 9.40. The van der Waals surface area contributed by atoms with Gasteiger partial charge in [-0.2, -0.15) is 0 Å². The van der Waals surface area contributed by atoms with Crippen LogP contribution in [0.25, 0.3) is 0 Å². The summed E-state index contributed by atoms with van der Waals surface area (Å²) >= 11 is 1.68. The van der Waals surface area contributed by atoms with Gasteiger partial charge in [0.05, 0.1) is 0 Å². The second-order valence-electron chi connectivity index (χ2n) is 6.76. The Morgan fingerprint density at radius 2 is 1.32 bits per heavy atom. The zero-order valence-corrected chi connectivity index (χ0v) is 16.2. The summed E-state index contributed by atoms with van der Waals surface area (Å²) in [5.41, 5.74) is 1.64. The third-order valence-electron chi connectivity index (χ3n) is 4.97. The van der Waals surface area contributed by atoms with Crippen LogP contribution in [0, 0.1) is 5.92 Å². The lowest BCUT2D eigenvalue weighted by atomic mass is 9.96. The van der Waals surface area contributed by atoms with Crippen molar-refractivity contribution in [2.45, 2.75) is 17.4 Å². The average molecular weight is 388 g/mol. The minimum absolute atomic E-state index is 0.00582. The number of nitrogens with zero attached hydrogens (tertiary/aromatic N) is 1. The lowest BCUT2D eigenvalue weighted by Gasteiger charge is -2.24. The highest BCUT2D eigenvalue weighted by Crippen LogP contribution is 2.39. The summed E-state index contributed by atoms with van der Waals surface area (Å²) in [5.74, 6) is 0.0325. The molecule has 2 atom stereocenters. The van der Waals surface area contributed by atoms with Gasteiger partial charge in [0.15, 0.2) is 5.78 Å². The van der Waals surface area contributed by atoms with Crippen molar-refractivity contribution in [1.82, 2.24) is 0 Å². The standard InChI is InChI=1S/C24H21NO2S/c26-23-21(16-17-28-20-14-8-3-9-15-20)24(27)25(19-12-6-2-7-13-19)22(23)18-10-4-1-5-11-18/h1-15,21-22H,16-17H2/t21-,22+/m0/s1. The molecular formula is C24H21NO2S. The van der Waals surface area contributed by atoms with E-state index in [1.165, 1.54) is 0 Å². The van der Waals surface area contributed by atoms with Crippen molar-refractivity contribution < 1.29 is 9.59 Å². The Kier molecular flexibility index (Phi) is 5.58. The van der Waals surface area contributed by atoms with E-state index in [2.05, 4.69) is 0 Å². The number of para-hydroxylation sites is 1. The monoisotopic (exact) mass is 387 g/mol. The summed E-state index contributed by atoms with van der Waals surface area (Å²) in [4.78, 5) is 29.3. The van der Waals surface area contributed by atoms with E-state index in [-0.39, 0.29) is 11.7 Å². The van der Waals surface area contributed by atoms with Crippen molar-refractivity contribution in [3.63, 3.8) is 0 Å². The van der Waals surface area contributed by atoms with E-state index in [0.29, 0.717) is 6.42 Å². The van der Waals surface area contributed by atoms with E-state index in [1.807, 2.05) is 91.0 Å². The smallest absolute Gasteiger partial charge is 0.238 e. The van der Waals surface area contributed by atoms with Gasteiger partial charge in [-0.05, 0) is 42.0 Å². The molecule has 4 heteroatoms. The third-order valence-corrected chi connectivity index (χ3v) is 6.02. The van der Waals surface area contributed by atoms with Gasteiger partial charge in [0.1, 0.15) is 12.0 Å². The number of anilines is 1. The van der Waals surface area contributed by atoms with Gasteiger partial charge in [0.2, 0.25) is 5.91 Å². The van der Waals surface area contributed by atoms with Gasteiger partial charge in [-0.3, -0.25) is 14.5 Å². The maximum absolute atomic E-state index is 13.3. The van der Waals surface area contributed by atoms with E-state index in [9.17, 15) is 9.59 Å². The second kappa shape index (κ2) is 8.44. The van der Waals surface area contributed by atoms with Crippen LogP contribution in [0.15, 0.2) is 95.9 Å². The molecule has 0 bridgehead atoms. The van der Waals surface area contributed by atoms with Gasteiger partial charge in [0, 0.05) is 10.6 Å². The minimum atomic E-state index is -0.596. The fourth-order valence-corrected chi connectivity index (χ4v) is 4.56. The van der Waals surface area contributed by atoms with Crippen molar-refractivity contribution >= 4 is 29.1 Å². The summed E-state index contributed by atoms with van der Waals surface area (Å²) in [6, 6.07) is 28.6. The van der Waals surface area contributed by atoms with Crippen LogP contribution in [0.2, 0.25) is 0 Å². The largest absolute Gasteiger partial charge is 0.297 e. The van der Waals surface area contributed by atoms with Crippen molar-refractivity contribution in [1.29, 1.82) is 0 Å². The highest BCUT2D eigenvalue weighted by molar-refractivity contribution is 7.99. The molecule has 1 aliphatic rings. The van der Waals surface area contributed by atoms with Gasteiger partial charge in [-0.1, -0.05) is 66.7 Å². The predicted octanol–water partition coefficient (Wildman–Crippen LogP) is 5.14. The van der Waals surface area contributed by atoms with E-state index in [1.54, 1.807) is 16.7 Å². The quantitative estimate of drug-likeness (QED) is 0.434. The molecule has 1 saturated heterocycles. The molecule has 28 heavy (non-hydrogen) atoms. The van der Waals surface area contributed by atoms with Crippen LogP contribution in [-0.4, -0.2) is 17.4 Å². The number of carbonyl (C=O) groups is 2. The first-order valence-corrected chi connectivity index (χ1v) is 10.4. The number of carbonyl (C=O) groups excluding carboxylic acids is 2. The normalized spacial score (nSPS) is 19.2. The molecule has 1 amide bonds. The van der Waals surface area contributed by atoms with Gasteiger partial charge >= 0.3 is 0 Å². The Labute approximate surface area is 169 Å². The van der Waals surface area contributed by atoms with Crippen LogP contribution in [0.1, 0.15) is 18.0 Å². The van der Waals surface area contributed by atoms with Gasteiger partial charge in [0.25, 0.3) is 0 Å². The van der Waals surface area contributed by atoms with E-state index >= 15 is 0 Å². The van der Waals surface area contributed by atoms with Crippen LogP contribution in [0.5, 0.6) is 0 Å². The number of thioether (sulfide) groups is 1. The number of amides is 1. The molecule has 0 saturated carbocycles. The SMILES string of the molecule is O=C1[C@H](CCSc2ccccc2)C(=O)N(c2ccccc2)[C@@H]1c1ccccc1. The molecule has 0 spiro atoms. The molecule has 140 valence electrons. The third kappa shape index (κ3) is 3.73. The molecule has 1 aliphatic heterocycles. The topological polar surface area (TPSA) is 37.4 Å². The Balaban J connectivity index is 1.58. The molecule has 3 nitrogen and oxygen atoms in total. The molecule has 0 aromatic heterocycles. The van der Waals surface area contributed by atoms with Gasteiger partial charge in [-0.15, -0.1) is 11.8 Å². The lowest BCUT2D eigenvalue weighted by molar-refractivity contribution is -0.127. The van der Waals surface area contributed by atoms with Crippen LogP contribution in [-0.2, 0) is 9.59 Å². The lowest BCUT2D eigenvalue weighted by Crippen LogP contribution is -2.29. The van der Waals surface area contributed by atoms with Crippen molar-refractivity contribution in [2.75, 3.05) is 10.7 Å². The molecule has 4 rings (SSSR count). The predicted molar refractivity (Wildman–Crippen MR) is 113 cm³/mol. The zero-order valence-electron chi connectivity index (χ0n) is 15.4. The molecule has 3 aromatic rings. The first-order chi connectivity index (χ1) is 13.8. The number of Topliss-reactive ketones (excluding diaryl/α,β-unsaturated/α-hetero) is 1. The van der Waals surface area contributed by atoms with Crippen LogP contribution in [0.3, 0.4) is 0 Å². The fourth-order valence-electron chi connectivity index (χ4n) is 3.63. The maximum Gasteiger partial charge on any atom is 0.238 e. The van der Waals surface area contributed by atoms with Gasteiger partial charge < -0.3 is 0 Å². The molecule has 1 fully saturated rings. The summed E-state index contributed by atoms with van der Waals surface area (Å²) < 4.78 is 0. The Hall–Kier alpha value is -2.85. The second-order valence-corrected chi connectivity index (χ2v) is 7.93.